The number of amides is 1. The van der Waals surface area contributed by atoms with Gasteiger partial charge in [0, 0.05) is 37.2 Å². The van der Waals surface area contributed by atoms with Crippen LogP contribution in [0.1, 0.15) is 0 Å². The van der Waals surface area contributed by atoms with Crippen LogP contribution in [0.4, 0.5) is 5.69 Å². The van der Waals surface area contributed by atoms with E-state index >= 15 is 0 Å². The van der Waals surface area contributed by atoms with Gasteiger partial charge >= 0.3 is 0 Å². The zero-order valence-electron chi connectivity index (χ0n) is 12.2. The number of thiophene rings is 1. The van der Waals surface area contributed by atoms with Crippen molar-refractivity contribution >= 4 is 33.0 Å². The third-order valence-electron chi connectivity index (χ3n) is 3.23. The lowest BCUT2D eigenvalue weighted by atomic mass is 10.3. The number of carbonyl (C=O) groups excluding carboxylic acids is 1. The predicted octanol–water partition coefficient (Wildman–Crippen LogP) is -0.275. The van der Waals surface area contributed by atoms with Crippen LogP contribution in [-0.4, -0.2) is 75.2 Å². The fraction of sp³-hybridized carbons (Fsp3) is 0.583. The third-order valence-corrected chi connectivity index (χ3v) is 6.56. The number of nitrogens with zero attached hydrogens (tertiary/aromatic N) is 3. The van der Waals surface area contributed by atoms with Crippen LogP contribution >= 0.6 is 11.3 Å². The Balaban J connectivity index is 1.99. The van der Waals surface area contributed by atoms with E-state index < -0.39 is 10.0 Å². The molecule has 2 heterocycles. The number of carbonyl (C=O) groups is 1. The molecular weight excluding hydrogens is 312 g/mol. The molecule has 1 aliphatic heterocycles. The maximum absolute atomic E-state index is 12.4. The molecule has 0 aliphatic carbocycles. The Bertz CT molecular complexity index is 604. The molecule has 0 atom stereocenters. The van der Waals surface area contributed by atoms with Gasteiger partial charge in [0.05, 0.1) is 6.54 Å². The molecule has 0 unspecified atom stereocenters. The molecule has 9 heteroatoms. The topological polar surface area (TPSA) is 87.0 Å². The minimum absolute atomic E-state index is 0.0254. The Morgan fingerprint density at radius 1 is 1.33 bits per heavy atom. The van der Waals surface area contributed by atoms with Gasteiger partial charge in [-0.2, -0.15) is 4.31 Å². The van der Waals surface area contributed by atoms with Gasteiger partial charge in [-0.3, -0.25) is 4.79 Å². The van der Waals surface area contributed by atoms with Crippen LogP contribution in [-0.2, 0) is 14.8 Å². The minimum atomic E-state index is -3.49. The van der Waals surface area contributed by atoms with E-state index in [9.17, 15) is 13.2 Å². The Labute approximate surface area is 129 Å². The molecular formula is C12H20N4O3S2. The number of likely N-dealkylation sites (N-methyl/N-ethyl adjacent to an activating group) is 1. The lowest BCUT2D eigenvalue weighted by Gasteiger charge is -2.34. The van der Waals surface area contributed by atoms with Crippen LogP contribution in [0.3, 0.4) is 0 Å². The van der Waals surface area contributed by atoms with Gasteiger partial charge in [-0.25, -0.2) is 8.42 Å². The van der Waals surface area contributed by atoms with Gasteiger partial charge in [0.2, 0.25) is 5.91 Å². The lowest BCUT2D eigenvalue weighted by molar-refractivity contribution is -0.133. The Kier molecular flexibility index (Phi) is 4.87. The number of hydrogen-bond donors (Lipinski definition) is 1. The average Bonchev–Trinajstić information content (AvgIpc) is 2.85. The lowest BCUT2D eigenvalue weighted by Crippen LogP contribution is -2.52. The van der Waals surface area contributed by atoms with Gasteiger partial charge in [-0.05, 0) is 20.2 Å². The zero-order valence-corrected chi connectivity index (χ0v) is 13.8. The fourth-order valence-corrected chi connectivity index (χ4v) is 4.80. The van der Waals surface area contributed by atoms with Crippen LogP contribution in [0.5, 0.6) is 0 Å². The summed E-state index contributed by atoms with van der Waals surface area (Å²) in [7, 11) is 0.176. The molecule has 2 N–H and O–H groups in total. The van der Waals surface area contributed by atoms with E-state index in [0.29, 0.717) is 38.4 Å². The summed E-state index contributed by atoms with van der Waals surface area (Å²) in [5, 5.41) is 1.61. The molecule has 0 spiro atoms. The number of nitrogen functional groups attached to an aromatic ring is 1. The van der Waals surface area contributed by atoms with Crippen LogP contribution in [0.2, 0.25) is 0 Å². The molecule has 1 amide bonds. The normalized spacial score (nSPS) is 17.4. The standard InChI is InChI=1S/C12H20N4O3S2/c1-14(2)8-11(17)15-3-5-16(6-4-15)21(18,19)12-7-10(13)9-20-12/h7,9H,3-6,8,13H2,1-2H3. The first-order valence-electron chi connectivity index (χ1n) is 6.57. The molecule has 7 nitrogen and oxygen atoms in total. The zero-order chi connectivity index (χ0) is 15.6. The maximum Gasteiger partial charge on any atom is 0.252 e. The van der Waals surface area contributed by atoms with E-state index in [4.69, 9.17) is 5.73 Å². The number of hydrogen-bond acceptors (Lipinski definition) is 6. The Morgan fingerprint density at radius 3 is 2.43 bits per heavy atom. The van der Waals surface area contributed by atoms with Crippen molar-refractivity contribution in [1.29, 1.82) is 0 Å². The number of rotatable bonds is 4. The van der Waals surface area contributed by atoms with Gasteiger partial charge in [0.1, 0.15) is 4.21 Å². The molecule has 1 fully saturated rings. The summed E-state index contributed by atoms with van der Waals surface area (Å²) in [6, 6.07) is 1.48. The number of piperazine rings is 1. The quantitative estimate of drug-likeness (QED) is 0.820. The summed E-state index contributed by atoms with van der Waals surface area (Å²) in [6.45, 7) is 1.83. The molecule has 1 saturated heterocycles. The molecule has 21 heavy (non-hydrogen) atoms. The first-order valence-corrected chi connectivity index (χ1v) is 8.89. The van der Waals surface area contributed by atoms with Gasteiger partial charge < -0.3 is 15.5 Å². The maximum atomic E-state index is 12.4. The summed E-state index contributed by atoms with van der Waals surface area (Å²) >= 11 is 1.12. The minimum Gasteiger partial charge on any atom is -0.398 e. The monoisotopic (exact) mass is 332 g/mol. The van der Waals surface area contributed by atoms with Crippen molar-refractivity contribution in [3.8, 4) is 0 Å². The first kappa shape index (κ1) is 16.2. The molecule has 0 aromatic carbocycles. The van der Waals surface area contributed by atoms with Crippen molar-refractivity contribution in [2.24, 2.45) is 0 Å². The molecule has 2 rings (SSSR count). The van der Waals surface area contributed by atoms with Crippen molar-refractivity contribution < 1.29 is 13.2 Å². The highest BCUT2D eigenvalue weighted by molar-refractivity contribution is 7.91. The van der Waals surface area contributed by atoms with E-state index in [-0.39, 0.29) is 10.1 Å². The Hall–Kier alpha value is -1.16. The predicted molar refractivity (Wildman–Crippen MR) is 82.6 cm³/mol. The number of sulfonamides is 1. The smallest absolute Gasteiger partial charge is 0.252 e. The van der Waals surface area contributed by atoms with E-state index in [1.165, 1.54) is 10.4 Å². The van der Waals surface area contributed by atoms with Crippen LogP contribution in [0, 0.1) is 0 Å². The van der Waals surface area contributed by atoms with Crippen molar-refractivity contribution in [2.45, 2.75) is 4.21 Å². The summed E-state index contributed by atoms with van der Waals surface area (Å²) in [5.41, 5.74) is 6.04. The van der Waals surface area contributed by atoms with Gasteiger partial charge in [0.15, 0.2) is 0 Å². The second-order valence-corrected chi connectivity index (χ2v) is 8.30. The van der Waals surface area contributed by atoms with Crippen molar-refractivity contribution in [1.82, 2.24) is 14.1 Å². The van der Waals surface area contributed by atoms with Gasteiger partial charge in [-0.1, -0.05) is 0 Å². The SMILES string of the molecule is CN(C)CC(=O)N1CCN(S(=O)(=O)c2cc(N)cs2)CC1. The molecule has 1 aromatic heterocycles. The van der Waals surface area contributed by atoms with Crippen molar-refractivity contribution in [3.05, 3.63) is 11.4 Å². The highest BCUT2D eigenvalue weighted by Gasteiger charge is 2.30. The fourth-order valence-electron chi connectivity index (χ4n) is 2.14. The summed E-state index contributed by atoms with van der Waals surface area (Å²) in [5.74, 6) is 0.0254. The van der Waals surface area contributed by atoms with Gasteiger partial charge in [-0.15, -0.1) is 11.3 Å². The van der Waals surface area contributed by atoms with Crippen LogP contribution in [0.25, 0.3) is 0 Å². The van der Waals surface area contributed by atoms with E-state index in [1.54, 1.807) is 15.2 Å². The van der Waals surface area contributed by atoms with E-state index in [0.717, 1.165) is 11.3 Å². The second-order valence-electron chi connectivity index (χ2n) is 5.22. The molecule has 0 radical (unpaired) electrons. The highest BCUT2D eigenvalue weighted by Crippen LogP contribution is 2.25. The highest BCUT2D eigenvalue weighted by atomic mass is 32.2. The molecule has 1 aliphatic rings. The van der Waals surface area contributed by atoms with E-state index in [1.807, 2.05) is 14.1 Å². The summed E-state index contributed by atoms with van der Waals surface area (Å²) < 4.78 is 26.5. The number of anilines is 1. The third kappa shape index (κ3) is 3.73. The Morgan fingerprint density at radius 2 is 1.95 bits per heavy atom. The van der Waals surface area contributed by atoms with Crippen LogP contribution < -0.4 is 5.73 Å². The van der Waals surface area contributed by atoms with Crippen molar-refractivity contribution in [2.75, 3.05) is 52.6 Å². The average molecular weight is 332 g/mol. The molecule has 1 aromatic rings. The molecule has 118 valence electrons. The first-order chi connectivity index (χ1) is 9.80. The largest absolute Gasteiger partial charge is 0.398 e. The number of nitrogens with two attached hydrogens (primary N) is 1. The summed E-state index contributed by atoms with van der Waals surface area (Å²) in [6.07, 6.45) is 0. The second kappa shape index (κ2) is 6.30. The molecule has 0 bridgehead atoms. The van der Waals surface area contributed by atoms with E-state index in [2.05, 4.69) is 0 Å². The summed E-state index contributed by atoms with van der Waals surface area (Å²) in [4.78, 5) is 15.4. The van der Waals surface area contributed by atoms with Crippen molar-refractivity contribution in [3.63, 3.8) is 0 Å². The van der Waals surface area contributed by atoms with Crippen LogP contribution in [0.15, 0.2) is 15.7 Å². The molecule has 0 saturated carbocycles. The van der Waals surface area contributed by atoms with Gasteiger partial charge in [0.25, 0.3) is 10.0 Å².